The van der Waals surface area contributed by atoms with Crippen LogP contribution < -0.4 is 10.1 Å². The minimum absolute atomic E-state index is 0.172. The molecule has 3 aromatic rings. The first kappa shape index (κ1) is 24.2. The summed E-state index contributed by atoms with van der Waals surface area (Å²) in [5.41, 5.74) is 3.39. The summed E-state index contributed by atoms with van der Waals surface area (Å²) in [5, 5.41) is 3.27. The summed E-state index contributed by atoms with van der Waals surface area (Å²) in [6.07, 6.45) is 1.37. The minimum Gasteiger partial charge on any atom is -0.408 e. The topological polar surface area (TPSA) is 63.6 Å². The fourth-order valence-electron chi connectivity index (χ4n) is 3.44. The molecule has 0 bridgehead atoms. The molecule has 9 heteroatoms. The number of benzene rings is 2. The highest BCUT2D eigenvalue weighted by molar-refractivity contribution is 6.76. The first-order chi connectivity index (χ1) is 15.1. The van der Waals surface area contributed by atoms with Crippen LogP contribution in [0.1, 0.15) is 25.0 Å². The highest BCUT2D eigenvalue weighted by Crippen LogP contribution is 2.37. The number of hydrogen-bond acceptors (Lipinski definition) is 3. The first-order valence-corrected chi connectivity index (χ1v) is 11.3. The van der Waals surface area contributed by atoms with Gasteiger partial charge >= 0.3 is 6.09 Å². The smallest absolute Gasteiger partial charge is 0.408 e. The number of anilines is 1. The molecule has 0 saturated heterocycles. The highest BCUT2D eigenvalue weighted by Gasteiger charge is 2.32. The number of ether oxygens (including phenoxy) is 1. The molecule has 0 aliphatic heterocycles. The molecular formula is C23H24Cl3N3O3. The van der Waals surface area contributed by atoms with Gasteiger partial charge in [0.2, 0.25) is 0 Å². The number of fused-ring (bicyclic) bond motifs is 1. The van der Waals surface area contributed by atoms with Gasteiger partial charge in [-0.2, -0.15) is 0 Å². The summed E-state index contributed by atoms with van der Waals surface area (Å²) in [6.45, 7) is 7.34. The van der Waals surface area contributed by atoms with E-state index in [9.17, 15) is 9.59 Å². The van der Waals surface area contributed by atoms with E-state index in [-0.39, 0.29) is 11.4 Å². The number of carbonyl (C=O) groups is 2. The van der Waals surface area contributed by atoms with Crippen molar-refractivity contribution in [2.75, 3.05) is 18.4 Å². The average molecular weight is 497 g/mol. The number of halogens is 3. The van der Waals surface area contributed by atoms with Crippen LogP contribution in [0.2, 0.25) is 0 Å². The molecule has 170 valence electrons. The number of alkyl halides is 3. The number of carbonyl (C=O) groups excluding carboxylic acids is 2. The van der Waals surface area contributed by atoms with E-state index in [1.165, 1.54) is 10.5 Å². The molecule has 6 nitrogen and oxygen atoms in total. The second kappa shape index (κ2) is 10.0. The van der Waals surface area contributed by atoms with Crippen molar-refractivity contribution in [2.45, 2.75) is 31.1 Å². The van der Waals surface area contributed by atoms with Crippen LogP contribution in [-0.2, 0) is 11.3 Å². The highest BCUT2D eigenvalue weighted by atomic mass is 35.6. The Labute approximate surface area is 202 Å². The zero-order chi connectivity index (χ0) is 23.5. The third-order valence-corrected chi connectivity index (χ3v) is 5.58. The van der Waals surface area contributed by atoms with Crippen molar-refractivity contribution in [1.82, 2.24) is 9.47 Å². The van der Waals surface area contributed by atoms with Gasteiger partial charge in [-0.05, 0) is 44.5 Å². The van der Waals surface area contributed by atoms with Gasteiger partial charge in [-0.25, -0.2) is 4.79 Å². The molecule has 1 N–H and O–H groups in total. The summed E-state index contributed by atoms with van der Waals surface area (Å²) in [4.78, 5) is 26.5. The lowest BCUT2D eigenvalue weighted by Gasteiger charge is -2.20. The number of amides is 2. The van der Waals surface area contributed by atoms with E-state index in [1.807, 2.05) is 61.9 Å². The molecule has 0 radical (unpaired) electrons. The zero-order valence-electron chi connectivity index (χ0n) is 18.0. The van der Waals surface area contributed by atoms with Crippen LogP contribution in [-0.4, -0.2) is 38.3 Å². The van der Waals surface area contributed by atoms with Gasteiger partial charge in [0, 0.05) is 31.2 Å². The Balaban J connectivity index is 2.04. The van der Waals surface area contributed by atoms with Crippen molar-refractivity contribution in [3.05, 3.63) is 59.8 Å². The Morgan fingerprint density at radius 2 is 1.81 bits per heavy atom. The Bertz CT molecular complexity index is 1130. The quantitative estimate of drug-likeness (QED) is 0.416. The first-order valence-electron chi connectivity index (χ1n) is 10.2. The van der Waals surface area contributed by atoms with E-state index in [4.69, 9.17) is 39.5 Å². The van der Waals surface area contributed by atoms with E-state index < -0.39 is 15.8 Å². The maximum atomic E-state index is 12.5. The Kier molecular flexibility index (Phi) is 7.59. The largest absolute Gasteiger partial charge is 0.415 e. The van der Waals surface area contributed by atoms with Crippen LogP contribution in [0.5, 0.6) is 5.75 Å². The van der Waals surface area contributed by atoms with Crippen molar-refractivity contribution < 1.29 is 14.3 Å². The molecule has 0 aliphatic carbocycles. The summed E-state index contributed by atoms with van der Waals surface area (Å²) < 4.78 is 5.45. The second-order valence-corrected chi connectivity index (χ2v) is 9.58. The van der Waals surface area contributed by atoms with Crippen LogP contribution in [0.3, 0.4) is 0 Å². The molecule has 1 aromatic heterocycles. The molecule has 1 heterocycles. The summed E-state index contributed by atoms with van der Waals surface area (Å²) in [5.74, 6) is -0.674. The van der Waals surface area contributed by atoms with Gasteiger partial charge in [0.1, 0.15) is 0 Å². The maximum Gasteiger partial charge on any atom is 0.415 e. The molecule has 2 aromatic carbocycles. The van der Waals surface area contributed by atoms with E-state index in [0.717, 1.165) is 11.1 Å². The third kappa shape index (κ3) is 5.49. The van der Waals surface area contributed by atoms with Crippen LogP contribution in [0.25, 0.3) is 10.9 Å². The Morgan fingerprint density at radius 1 is 1.09 bits per heavy atom. The number of aromatic nitrogens is 1. The third-order valence-electron chi connectivity index (χ3n) is 5.07. The van der Waals surface area contributed by atoms with Crippen molar-refractivity contribution in [1.29, 1.82) is 0 Å². The lowest BCUT2D eigenvalue weighted by Crippen LogP contribution is -2.33. The van der Waals surface area contributed by atoms with Crippen molar-refractivity contribution in [3.8, 4) is 5.75 Å². The van der Waals surface area contributed by atoms with Gasteiger partial charge in [-0.15, -0.1) is 0 Å². The molecule has 2 amide bonds. The minimum atomic E-state index is -2.17. The lowest BCUT2D eigenvalue weighted by molar-refractivity contribution is -0.115. The van der Waals surface area contributed by atoms with Gasteiger partial charge < -0.3 is 19.5 Å². The van der Waals surface area contributed by atoms with Gasteiger partial charge in [-0.1, -0.05) is 64.6 Å². The van der Waals surface area contributed by atoms with Gasteiger partial charge in [0.15, 0.2) is 5.75 Å². The number of aryl methyl sites for hydroxylation is 1. The Morgan fingerprint density at radius 3 is 2.44 bits per heavy atom. The Hall–Kier alpha value is -2.41. The number of rotatable bonds is 6. The molecule has 32 heavy (non-hydrogen) atoms. The molecule has 0 fully saturated rings. The number of nitrogens with zero attached hydrogens (tertiary/aromatic N) is 2. The predicted molar refractivity (Wildman–Crippen MR) is 130 cm³/mol. The van der Waals surface area contributed by atoms with Gasteiger partial charge in [-0.3, -0.25) is 4.79 Å². The van der Waals surface area contributed by atoms with Crippen molar-refractivity contribution in [2.24, 2.45) is 0 Å². The van der Waals surface area contributed by atoms with E-state index in [1.54, 1.807) is 6.07 Å². The monoisotopic (exact) mass is 495 g/mol. The fraction of sp³-hybridized carbons (Fsp3) is 0.304. The van der Waals surface area contributed by atoms with E-state index >= 15 is 0 Å². The second-order valence-electron chi connectivity index (χ2n) is 7.30. The number of nitrogens with one attached hydrogen (secondary N) is 1. The normalized spacial score (nSPS) is 11.4. The van der Waals surface area contributed by atoms with Crippen LogP contribution in [0.4, 0.5) is 10.5 Å². The molecule has 0 spiro atoms. The van der Waals surface area contributed by atoms with Gasteiger partial charge in [0.25, 0.3) is 9.70 Å². The fourth-order valence-corrected chi connectivity index (χ4v) is 3.58. The molecule has 0 atom stereocenters. The SMILES string of the molecule is CCN(CC)C(=O)Oc1ccc2c(ccn2Cc2cccc(C)c2)c1NC(=O)C(Cl)(Cl)Cl. The summed E-state index contributed by atoms with van der Waals surface area (Å²) in [7, 11) is 0. The van der Waals surface area contributed by atoms with Crippen LogP contribution in [0.15, 0.2) is 48.7 Å². The van der Waals surface area contributed by atoms with Crippen molar-refractivity contribution in [3.63, 3.8) is 0 Å². The average Bonchev–Trinajstić information content (AvgIpc) is 3.12. The molecule has 0 unspecified atom stereocenters. The molecule has 3 rings (SSSR count). The maximum absolute atomic E-state index is 12.5. The van der Waals surface area contributed by atoms with Gasteiger partial charge in [0.05, 0.1) is 11.2 Å². The zero-order valence-corrected chi connectivity index (χ0v) is 20.3. The molecule has 0 aliphatic rings. The molecular weight excluding hydrogens is 473 g/mol. The van der Waals surface area contributed by atoms with Crippen LogP contribution in [0, 0.1) is 6.92 Å². The molecule has 0 saturated carbocycles. The summed E-state index contributed by atoms with van der Waals surface area (Å²) in [6, 6.07) is 13.5. The predicted octanol–water partition coefficient (Wildman–Crippen LogP) is 6.15. The lowest BCUT2D eigenvalue weighted by atomic mass is 10.1. The standard InChI is InChI=1S/C23H24Cl3N3O3/c1-4-28(5-2)22(31)32-19-10-9-18-17(20(19)27-21(30)23(24,25)26)11-12-29(18)14-16-8-6-7-15(3)13-16/h6-13H,4-5,14H2,1-3H3,(H,27,30). The summed E-state index contributed by atoms with van der Waals surface area (Å²) >= 11 is 17.3. The number of hydrogen-bond donors (Lipinski definition) is 1. The van der Waals surface area contributed by atoms with E-state index in [2.05, 4.69) is 11.4 Å². The van der Waals surface area contributed by atoms with E-state index in [0.29, 0.717) is 25.0 Å². The van der Waals surface area contributed by atoms with Crippen molar-refractivity contribution >= 4 is 63.4 Å². The van der Waals surface area contributed by atoms with Crippen LogP contribution >= 0.6 is 34.8 Å².